The summed E-state index contributed by atoms with van der Waals surface area (Å²) in [5, 5.41) is 2.86. The average molecular weight is 477 g/mol. The first-order valence-electron chi connectivity index (χ1n) is 12.0. The minimum atomic E-state index is -0.751. The van der Waals surface area contributed by atoms with E-state index in [1.54, 1.807) is 12.1 Å². The molecule has 2 amide bonds. The molecule has 0 aliphatic heterocycles. The van der Waals surface area contributed by atoms with E-state index in [0.717, 1.165) is 16.7 Å². The van der Waals surface area contributed by atoms with Crippen LogP contribution in [0.25, 0.3) is 0 Å². The Labute approximate surface area is 206 Å². The van der Waals surface area contributed by atoms with Gasteiger partial charge in [0.2, 0.25) is 5.91 Å². The highest BCUT2D eigenvalue weighted by Crippen LogP contribution is 2.26. The maximum atomic E-state index is 13.6. The smallest absolute Gasteiger partial charge is 0.261 e. The molecule has 0 aromatic heterocycles. The zero-order valence-corrected chi connectivity index (χ0v) is 20.5. The SMILES string of the molecule is CCNC(=O)[C@H](Cc1ccccc1)N(Cc1ccc(F)cc1)C(=O)COc1ccccc1C(C)C. The van der Waals surface area contributed by atoms with Gasteiger partial charge >= 0.3 is 0 Å². The van der Waals surface area contributed by atoms with Crippen molar-refractivity contribution in [2.45, 2.75) is 45.7 Å². The van der Waals surface area contributed by atoms with Gasteiger partial charge in [0.25, 0.3) is 5.91 Å². The first-order valence-corrected chi connectivity index (χ1v) is 12.0. The standard InChI is InChI=1S/C29H33FN2O3/c1-4-31-29(34)26(18-22-10-6-5-7-11-22)32(19-23-14-16-24(30)17-15-23)28(33)20-35-27-13-9-8-12-25(27)21(2)3/h5-17,21,26H,4,18-20H2,1-3H3,(H,31,34)/t26-/m0/s1. The lowest BCUT2D eigenvalue weighted by Crippen LogP contribution is -2.51. The molecule has 0 fully saturated rings. The monoisotopic (exact) mass is 476 g/mol. The number of para-hydroxylation sites is 1. The molecule has 35 heavy (non-hydrogen) atoms. The van der Waals surface area contributed by atoms with Crippen LogP contribution in [0.5, 0.6) is 5.75 Å². The zero-order valence-electron chi connectivity index (χ0n) is 20.5. The highest BCUT2D eigenvalue weighted by Gasteiger charge is 2.30. The molecule has 1 atom stereocenters. The minimum Gasteiger partial charge on any atom is -0.483 e. The third kappa shape index (κ3) is 7.41. The van der Waals surface area contributed by atoms with E-state index < -0.39 is 6.04 Å². The third-order valence-corrected chi connectivity index (χ3v) is 5.78. The summed E-state index contributed by atoms with van der Waals surface area (Å²) in [5.41, 5.74) is 2.67. The molecule has 0 radical (unpaired) electrons. The largest absolute Gasteiger partial charge is 0.483 e. The van der Waals surface area contributed by atoms with Gasteiger partial charge in [0.05, 0.1) is 0 Å². The molecule has 0 spiro atoms. The highest BCUT2D eigenvalue weighted by atomic mass is 19.1. The van der Waals surface area contributed by atoms with Crippen LogP contribution in [0.15, 0.2) is 78.9 Å². The Morgan fingerprint density at radius 3 is 2.23 bits per heavy atom. The van der Waals surface area contributed by atoms with Crippen LogP contribution in [0.1, 0.15) is 43.4 Å². The molecule has 6 heteroatoms. The molecule has 3 aromatic carbocycles. The van der Waals surface area contributed by atoms with Crippen molar-refractivity contribution in [3.8, 4) is 5.75 Å². The Hall–Kier alpha value is -3.67. The van der Waals surface area contributed by atoms with E-state index in [0.29, 0.717) is 18.7 Å². The summed E-state index contributed by atoms with van der Waals surface area (Å²) in [5.74, 6) is -0.0349. The van der Waals surface area contributed by atoms with Crippen molar-refractivity contribution in [3.05, 3.63) is 101 Å². The number of carbonyl (C=O) groups excluding carboxylic acids is 2. The topological polar surface area (TPSA) is 58.6 Å². The van der Waals surface area contributed by atoms with Gasteiger partial charge in [0.15, 0.2) is 6.61 Å². The van der Waals surface area contributed by atoms with Crippen molar-refractivity contribution in [3.63, 3.8) is 0 Å². The van der Waals surface area contributed by atoms with Crippen molar-refractivity contribution >= 4 is 11.8 Å². The molecule has 0 saturated carbocycles. The van der Waals surface area contributed by atoms with Crippen LogP contribution in [0.3, 0.4) is 0 Å². The Bertz CT molecular complexity index is 1100. The molecule has 0 saturated heterocycles. The summed E-state index contributed by atoms with van der Waals surface area (Å²) in [7, 11) is 0. The molecule has 1 N–H and O–H groups in total. The van der Waals surface area contributed by atoms with Gasteiger partial charge in [-0.2, -0.15) is 0 Å². The second kappa shape index (κ2) is 12.7. The second-order valence-electron chi connectivity index (χ2n) is 8.73. The molecule has 0 aliphatic rings. The third-order valence-electron chi connectivity index (χ3n) is 5.78. The van der Waals surface area contributed by atoms with Crippen molar-refractivity contribution in [2.75, 3.05) is 13.2 Å². The van der Waals surface area contributed by atoms with Crippen LogP contribution in [0, 0.1) is 5.82 Å². The molecular formula is C29H33FN2O3. The number of rotatable bonds is 11. The van der Waals surface area contributed by atoms with E-state index in [1.807, 2.05) is 61.5 Å². The number of nitrogens with zero attached hydrogens (tertiary/aromatic N) is 1. The number of carbonyl (C=O) groups is 2. The van der Waals surface area contributed by atoms with Crippen LogP contribution in [-0.2, 0) is 22.6 Å². The first kappa shape index (κ1) is 25.9. The van der Waals surface area contributed by atoms with Gasteiger partial charge in [-0.15, -0.1) is 0 Å². The van der Waals surface area contributed by atoms with Gasteiger partial charge in [0, 0.05) is 19.5 Å². The predicted octanol–water partition coefficient (Wildman–Crippen LogP) is 5.10. The zero-order chi connectivity index (χ0) is 25.2. The van der Waals surface area contributed by atoms with E-state index in [2.05, 4.69) is 19.2 Å². The number of ether oxygens (including phenoxy) is 1. The summed E-state index contributed by atoms with van der Waals surface area (Å²) in [6, 6.07) is 22.4. The molecule has 3 aromatic rings. The lowest BCUT2D eigenvalue weighted by atomic mass is 10.0. The molecule has 0 heterocycles. The van der Waals surface area contributed by atoms with E-state index in [-0.39, 0.29) is 36.7 Å². The van der Waals surface area contributed by atoms with Gasteiger partial charge in [-0.05, 0) is 47.7 Å². The second-order valence-corrected chi connectivity index (χ2v) is 8.73. The maximum absolute atomic E-state index is 13.6. The normalized spacial score (nSPS) is 11.7. The Morgan fingerprint density at radius 2 is 1.57 bits per heavy atom. The lowest BCUT2D eigenvalue weighted by Gasteiger charge is -2.31. The number of likely N-dealkylation sites (N-methyl/N-ethyl adjacent to an activating group) is 1. The van der Waals surface area contributed by atoms with Crippen LogP contribution in [0.4, 0.5) is 4.39 Å². The van der Waals surface area contributed by atoms with Crippen LogP contribution >= 0.6 is 0 Å². The quantitative estimate of drug-likeness (QED) is 0.419. The van der Waals surface area contributed by atoms with E-state index in [9.17, 15) is 14.0 Å². The van der Waals surface area contributed by atoms with Crippen LogP contribution in [0.2, 0.25) is 0 Å². The molecule has 184 valence electrons. The molecule has 0 aliphatic carbocycles. The Balaban J connectivity index is 1.90. The van der Waals surface area contributed by atoms with Gasteiger partial charge in [0.1, 0.15) is 17.6 Å². The molecule has 0 bridgehead atoms. The summed E-state index contributed by atoms with van der Waals surface area (Å²) >= 11 is 0. The van der Waals surface area contributed by atoms with E-state index in [4.69, 9.17) is 4.74 Å². The van der Waals surface area contributed by atoms with E-state index >= 15 is 0 Å². The summed E-state index contributed by atoms with van der Waals surface area (Å²) in [4.78, 5) is 28.2. The Kier molecular flexibility index (Phi) is 9.41. The molecular weight excluding hydrogens is 443 g/mol. The van der Waals surface area contributed by atoms with Crippen molar-refractivity contribution in [1.82, 2.24) is 10.2 Å². The number of benzene rings is 3. The minimum absolute atomic E-state index is 0.156. The maximum Gasteiger partial charge on any atom is 0.261 e. The van der Waals surface area contributed by atoms with Crippen LogP contribution < -0.4 is 10.1 Å². The molecule has 5 nitrogen and oxygen atoms in total. The van der Waals surface area contributed by atoms with E-state index in [1.165, 1.54) is 17.0 Å². The average Bonchev–Trinajstić information content (AvgIpc) is 2.86. The fourth-order valence-corrected chi connectivity index (χ4v) is 3.94. The van der Waals surface area contributed by atoms with Crippen LogP contribution in [-0.4, -0.2) is 35.9 Å². The fraction of sp³-hybridized carbons (Fsp3) is 0.310. The fourth-order valence-electron chi connectivity index (χ4n) is 3.94. The molecule has 3 rings (SSSR count). The van der Waals surface area contributed by atoms with Gasteiger partial charge in [-0.1, -0.05) is 74.5 Å². The molecule has 0 unspecified atom stereocenters. The number of hydrogen-bond donors (Lipinski definition) is 1. The summed E-state index contributed by atoms with van der Waals surface area (Å²) < 4.78 is 19.5. The van der Waals surface area contributed by atoms with Gasteiger partial charge < -0.3 is 15.0 Å². The summed E-state index contributed by atoms with van der Waals surface area (Å²) in [6.07, 6.45) is 0.349. The number of nitrogens with one attached hydrogen (secondary N) is 1. The number of amides is 2. The number of halogens is 1. The summed E-state index contributed by atoms with van der Waals surface area (Å²) in [6.45, 7) is 6.36. The predicted molar refractivity (Wildman–Crippen MR) is 136 cm³/mol. The van der Waals surface area contributed by atoms with Crippen molar-refractivity contribution < 1.29 is 18.7 Å². The number of hydrogen-bond acceptors (Lipinski definition) is 3. The van der Waals surface area contributed by atoms with Crippen molar-refractivity contribution in [2.24, 2.45) is 0 Å². The van der Waals surface area contributed by atoms with Gasteiger partial charge in [-0.25, -0.2) is 4.39 Å². The van der Waals surface area contributed by atoms with Gasteiger partial charge in [-0.3, -0.25) is 9.59 Å². The highest BCUT2D eigenvalue weighted by molar-refractivity contribution is 5.88. The first-order chi connectivity index (χ1) is 16.9. The lowest BCUT2D eigenvalue weighted by molar-refractivity contribution is -0.142. The van der Waals surface area contributed by atoms with Crippen molar-refractivity contribution in [1.29, 1.82) is 0 Å². The Morgan fingerprint density at radius 1 is 0.914 bits per heavy atom.